The smallest absolute Gasteiger partial charge is 0.219 e. The molecule has 5 heteroatoms. The summed E-state index contributed by atoms with van der Waals surface area (Å²) in [6.45, 7) is 6.92. The lowest BCUT2D eigenvalue weighted by molar-refractivity contribution is -0.134. The number of para-hydroxylation sites is 1. The molecule has 182 valence electrons. The van der Waals surface area contributed by atoms with Gasteiger partial charge in [0.1, 0.15) is 5.75 Å². The van der Waals surface area contributed by atoms with Crippen molar-refractivity contribution in [2.75, 3.05) is 39.8 Å². The summed E-state index contributed by atoms with van der Waals surface area (Å²) in [7, 11) is 1.74. The van der Waals surface area contributed by atoms with E-state index in [1.165, 1.54) is 16.7 Å². The van der Waals surface area contributed by atoms with E-state index in [0.717, 1.165) is 45.0 Å². The van der Waals surface area contributed by atoms with Crippen molar-refractivity contribution < 1.29 is 9.53 Å². The van der Waals surface area contributed by atoms with Gasteiger partial charge >= 0.3 is 0 Å². The summed E-state index contributed by atoms with van der Waals surface area (Å²) in [6, 6.07) is 30.7. The number of carbonyl (C=O) groups excluding carboxylic acids is 1. The van der Waals surface area contributed by atoms with E-state index >= 15 is 0 Å². The van der Waals surface area contributed by atoms with Crippen LogP contribution < -0.4 is 4.74 Å². The van der Waals surface area contributed by atoms with Gasteiger partial charge in [0.05, 0.1) is 7.11 Å². The number of hydrogen-bond donors (Lipinski definition) is 0. The molecular weight excluding hydrogens is 434 g/mol. The highest BCUT2D eigenvalue weighted by atomic mass is 16.5. The van der Waals surface area contributed by atoms with Gasteiger partial charge in [0.25, 0.3) is 0 Å². The van der Waals surface area contributed by atoms with Crippen molar-refractivity contribution in [2.24, 2.45) is 0 Å². The van der Waals surface area contributed by atoms with Crippen LogP contribution in [0.5, 0.6) is 5.75 Å². The maximum atomic E-state index is 12.3. The lowest BCUT2D eigenvalue weighted by Gasteiger charge is -2.53. The van der Waals surface area contributed by atoms with E-state index in [1.54, 1.807) is 14.0 Å². The van der Waals surface area contributed by atoms with Gasteiger partial charge in [0.2, 0.25) is 5.91 Å². The molecule has 0 N–H and O–H groups in total. The van der Waals surface area contributed by atoms with Gasteiger partial charge in [-0.05, 0) is 17.2 Å². The minimum absolute atomic E-state index is 0.172. The van der Waals surface area contributed by atoms with E-state index in [9.17, 15) is 4.79 Å². The normalized spacial score (nSPS) is 21.1. The summed E-state index contributed by atoms with van der Waals surface area (Å²) in [5.74, 6) is 1.36. The van der Waals surface area contributed by atoms with Crippen molar-refractivity contribution in [1.82, 2.24) is 14.7 Å². The van der Waals surface area contributed by atoms with Crippen molar-refractivity contribution in [3.63, 3.8) is 0 Å². The number of methoxy groups -OCH3 is 1. The number of nitrogens with zero attached hydrogens (tertiary/aromatic N) is 3. The predicted molar refractivity (Wildman–Crippen MR) is 140 cm³/mol. The van der Waals surface area contributed by atoms with Gasteiger partial charge in [0.15, 0.2) is 0 Å². The predicted octanol–water partition coefficient (Wildman–Crippen LogP) is 4.24. The van der Waals surface area contributed by atoms with E-state index in [-0.39, 0.29) is 11.8 Å². The summed E-state index contributed by atoms with van der Waals surface area (Å²) in [5.41, 5.74) is 3.89. The van der Waals surface area contributed by atoms with Crippen LogP contribution >= 0.6 is 0 Å². The van der Waals surface area contributed by atoms with Gasteiger partial charge in [-0.3, -0.25) is 14.6 Å². The van der Waals surface area contributed by atoms with Crippen LogP contribution in [0.15, 0.2) is 84.9 Å². The van der Waals surface area contributed by atoms with Crippen LogP contribution in [0.1, 0.15) is 29.5 Å². The number of amides is 1. The van der Waals surface area contributed by atoms with Gasteiger partial charge in [-0.2, -0.15) is 0 Å². The second kappa shape index (κ2) is 10.6. The molecule has 0 bridgehead atoms. The number of carbonyl (C=O) groups is 1. The van der Waals surface area contributed by atoms with Crippen molar-refractivity contribution in [3.05, 3.63) is 102 Å². The van der Waals surface area contributed by atoms with Crippen LogP contribution in [-0.2, 0) is 11.3 Å². The monoisotopic (exact) mass is 469 g/mol. The summed E-state index contributed by atoms with van der Waals surface area (Å²) in [5, 5.41) is 0. The Morgan fingerprint density at radius 1 is 0.857 bits per heavy atom. The van der Waals surface area contributed by atoms with Crippen molar-refractivity contribution in [1.29, 1.82) is 0 Å². The highest BCUT2D eigenvalue weighted by molar-refractivity contribution is 5.73. The van der Waals surface area contributed by atoms with Gasteiger partial charge in [-0.15, -0.1) is 0 Å². The van der Waals surface area contributed by atoms with Crippen molar-refractivity contribution >= 4 is 5.91 Å². The van der Waals surface area contributed by atoms with Crippen LogP contribution in [0, 0.1) is 0 Å². The molecule has 0 saturated carbocycles. The fraction of sp³-hybridized carbons (Fsp3) is 0.367. The number of fused-ring (bicyclic) bond motifs is 1. The van der Waals surface area contributed by atoms with Gasteiger partial charge < -0.3 is 9.64 Å². The molecule has 5 rings (SSSR count). The maximum Gasteiger partial charge on any atom is 0.219 e. The molecule has 0 aliphatic carbocycles. The van der Waals surface area contributed by atoms with Crippen LogP contribution in [0.2, 0.25) is 0 Å². The average molecular weight is 470 g/mol. The summed E-state index contributed by atoms with van der Waals surface area (Å²) in [4.78, 5) is 19.5. The van der Waals surface area contributed by atoms with Crippen LogP contribution in [-0.4, -0.2) is 72.5 Å². The highest BCUT2D eigenvalue weighted by Gasteiger charge is 2.42. The molecule has 1 unspecified atom stereocenters. The molecule has 0 radical (unpaired) electrons. The topological polar surface area (TPSA) is 36.0 Å². The first-order valence-electron chi connectivity index (χ1n) is 12.6. The number of ether oxygens (including phenoxy) is 1. The molecule has 1 amide bonds. The molecule has 5 nitrogen and oxygen atoms in total. The Kier molecular flexibility index (Phi) is 7.16. The summed E-state index contributed by atoms with van der Waals surface area (Å²) in [6.07, 6.45) is 0. The Bertz CT molecular complexity index is 1080. The minimum atomic E-state index is 0.172. The molecule has 2 fully saturated rings. The van der Waals surface area contributed by atoms with E-state index in [1.807, 2.05) is 17.0 Å². The first-order valence-corrected chi connectivity index (χ1v) is 12.6. The molecule has 2 aliphatic rings. The molecule has 3 aromatic carbocycles. The van der Waals surface area contributed by atoms with Gasteiger partial charge in [-0.1, -0.05) is 78.9 Å². The quantitative estimate of drug-likeness (QED) is 0.541. The summed E-state index contributed by atoms with van der Waals surface area (Å²) >= 11 is 0. The van der Waals surface area contributed by atoms with Crippen molar-refractivity contribution in [2.45, 2.75) is 31.5 Å². The third-order valence-corrected chi connectivity index (χ3v) is 7.60. The zero-order valence-electron chi connectivity index (χ0n) is 20.7. The largest absolute Gasteiger partial charge is 0.496 e. The summed E-state index contributed by atoms with van der Waals surface area (Å²) < 4.78 is 5.66. The first kappa shape index (κ1) is 23.6. The fourth-order valence-electron chi connectivity index (χ4n) is 5.95. The number of piperazine rings is 2. The van der Waals surface area contributed by atoms with Crippen molar-refractivity contribution in [3.8, 4) is 5.75 Å². The highest BCUT2D eigenvalue weighted by Crippen LogP contribution is 2.36. The second-order valence-electron chi connectivity index (χ2n) is 9.73. The zero-order valence-corrected chi connectivity index (χ0v) is 20.7. The Labute approximate surface area is 208 Å². The third-order valence-electron chi connectivity index (χ3n) is 7.60. The first-order chi connectivity index (χ1) is 17.1. The number of rotatable bonds is 6. The molecule has 2 saturated heterocycles. The van der Waals surface area contributed by atoms with Crippen LogP contribution in [0.25, 0.3) is 0 Å². The Hall–Kier alpha value is -3.15. The molecule has 2 aliphatic heterocycles. The second-order valence-corrected chi connectivity index (χ2v) is 9.73. The standard InChI is InChI=1S/C30H35N3O2/c1-23(34)32-17-18-33-27(21-32)20-31(19-26-15-9-10-16-29(26)35-2)22-28(33)30(24-11-5-3-6-12-24)25-13-7-4-8-14-25/h3-16,27-28,30H,17-22H2,1-2H3/t27-,28?/m1/s1. The molecule has 35 heavy (non-hydrogen) atoms. The van der Waals surface area contributed by atoms with Crippen LogP contribution in [0.4, 0.5) is 0 Å². The molecule has 0 aromatic heterocycles. The Balaban J connectivity index is 1.52. The molecule has 2 heterocycles. The molecule has 0 spiro atoms. The SMILES string of the molecule is COc1ccccc1CN1CC(C(c2ccccc2)c2ccccc2)N2CCN(C(C)=O)C[C@H]2C1. The van der Waals surface area contributed by atoms with Crippen LogP contribution in [0.3, 0.4) is 0 Å². The van der Waals surface area contributed by atoms with E-state index in [0.29, 0.717) is 12.1 Å². The zero-order chi connectivity index (χ0) is 24.2. The lowest BCUT2D eigenvalue weighted by atomic mass is 9.81. The number of benzene rings is 3. The lowest BCUT2D eigenvalue weighted by Crippen LogP contribution is -2.67. The third kappa shape index (κ3) is 5.12. The molecule has 2 atom stereocenters. The average Bonchev–Trinajstić information content (AvgIpc) is 2.90. The Morgan fingerprint density at radius 3 is 2.11 bits per heavy atom. The van der Waals surface area contributed by atoms with Gasteiger partial charge in [0, 0.05) is 69.8 Å². The van der Waals surface area contributed by atoms with E-state index in [2.05, 4.69) is 82.6 Å². The number of hydrogen-bond acceptors (Lipinski definition) is 4. The molecular formula is C30H35N3O2. The maximum absolute atomic E-state index is 12.3. The Morgan fingerprint density at radius 2 is 1.49 bits per heavy atom. The minimum Gasteiger partial charge on any atom is -0.496 e. The van der Waals surface area contributed by atoms with E-state index in [4.69, 9.17) is 4.74 Å². The molecule has 3 aromatic rings. The van der Waals surface area contributed by atoms with Gasteiger partial charge in [-0.25, -0.2) is 0 Å². The fourth-order valence-corrected chi connectivity index (χ4v) is 5.95. The van der Waals surface area contributed by atoms with E-state index < -0.39 is 0 Å².